The highest BCUT2D eigenvalue weighted by molar-refractivity contribution is 6.30. The molecule has 21 heavy (non-hydrogen) atoms. The van der Waals surface area contributed by atoms with Crippen LogP contribution in [-0.2, 0) is 4.79 Å². The first-order valence-corrected chi connectivity index (χ1v) is 8.34. The fraction of sp³-hybridized carbons (Fsp3) is 0.588. The molecule has 1 aromatic rings. The van der Waals surface area contributed by atoms with Gasteiger partial charge in [-0.2, -0.15) is 0 Å². The van der Waals surface area contributed by atoms with Crippen molar-refractivity contribution in [2.24, 2.45) is 5.92 Å². The normalized spacial score (nSPS) is 33.9. The molecule has 0 radical (unpaired) electrons. The van der Waals surface area contributed by atoms with E-state index in [-0.39, 0.29) is 11.7 Å². The summed E-state index contributed by atoms with van der Waals surface area (Å²) in [5.41, 5.74) is 0.800. The second-order valence-electron chi connectivity index (χ2n) is 6.88. The molecule has 4 heteroatoms. The van der Waals surface area contributed by atoms with E-state index in [1.165, 1.54) is 0 Å². The van der Waals surface area contributed by atoms with Crippen LogP contribution in [0.3, 0.4) is 0 Å². The van der Waals surface area contributed by atoms with Gasteiger partial charge in [-0.05, 0) is 42.9 Å². The molecule has 112 valence electrons. The number of hydrogen-bond donors (Lipinski definition) is 1. The van der Waals surface area contributed by atoms with Gasteiger partial charge in [-0.3, -0.25) is 10.1 Å². The van der Waals surface area contributed by atoms with Crippen molar-refractivity contribution in [1.29, 1.82) is 0 Å². The van der Waals surface area contributed by atoms with Crippen LogP contribution < -0.4 is 5.32 Å². The predicted molar refractivity (Wildman–Crippen MR) is 82.9 cm³/mol. The van der Waals surface area contributed by atoms with Gasteiger partial charge in [0.1, 0.15) is 6.17 Å². The van der Waals surface area contributed by atoms with E-state index in [0.717, 1.165) is 42.7 Å². The summed E-state index contributed by atoms with van der Waals surface area (Å²) in [4.78, 5) is 15.2. The van der Waals surface area contributed by atoms with Crippen molar-refractivity contribution in [1.82, 2.24) is 10.2 Å². The van der Waals surface area contributed by atoms with Crippen molar-refractivity contribution >= 4 is 17.5 Å². The minimum absolute atomic E-state index is 0.00995. The lowest BCUT2D eigenvalue weighted by atomic mass is 9.98. The lowest BCUT2D eigenvalue weighted by Crippen LogP contribution is -2.44. The third-order valence-electron chi connectivity index (χ3n) is 5.38. The van der Waals surface area contributed by atoms with Gasteiger partial charge in [-0.25, -0.2) is 0 Å². The molecule has 1 N–H and O–H groups in total. The van der Waals surface area contributed by atoms with Crippen molar-refractivity contribution in [3.05, 3.63) is 34.9 Å². The van der Waals surface area contributed by atoms with E-state index in [4.69, 9.17) is 11.6 Å². The molecule has 4 rings (SSSR count). The molecule has 1 spiro atoms. The van der Waals surface area contributed by atoms with E-state index in [1.54, 1.807) is 0 Å². The molecular formula is C17H21ClN2O. The predicted octanol–water partition coefficient (Wildman–Crippen LogP) is 3.49. The van der Waals surface area contributed by atoms with Gasteiger partial charge in [0.25, 0.3) is 0 Å². The quantitative estimate of drug-likeness (QED) is 0.907. The van der Waals surface area contributed by atoms with E-state index >= 15 is 0 Å². The van der Waals surface area contributed by atoms with Crippen LogP contribution in [0.4, 0.5) is 0 Å². The molecule has 1 saturated heterocycles. The summed E-state index contributed by atoms with van der Waals surface area (Å²) < 4.78 is 0. The number of hydrogen-bond acceptors (Lipinski definition) is 2. The number of benzene rings is 1. The molecule has 3 atom stereocenters. The summed E-state index contributed by atoms with van der Waals surface area (Å²) in [5, 5.41) is 4.40. The SMILES string of the molecule is CC1CC1N1C(=O)C2(CCCC2)NC1c1cccc(Cl)c1. The van der Waals surface area contributed by atoms with E-state index in [9.17, 15) is 4.79 Å². The highest BCUT2D eigenvalue weighted by Gasteiger charge is 2.57. The molecule has 2 aliphatic carbocycles. The average Bonchev–Trinajstić information content (AvgIpc) is 2.90. The van der Waals surface area contributed by atoms with Gasteiger partial charge in [-0.1, -0.05) is 43.5 Å². The first-order valence-electron chi connectivity index (χ1n) is 7.97. The Labute approximate surface area is 130 Å². The van der Waals surface area contributed by atoms with Crippen LogP contribution >= 0.6 is 11.6 Å². The van der Waals surface area contributed by atoms with Gasteiger partial charge in [0, 0.05) is 11.1 Å². The van der Waals surface area contributed by atoms with Crippen LogP contribution in [0, 0.1) is 5.92 Å². The Hall–Kier alpha value is -1.06. The van der Waals surface area contributed by atoms with Crippen LogP contribution in [0.2, 0.25) is 5.02 Å². The fourth-order valence-electron chi connectivity index (χ4n) is 4.05. The Morgan fingerprint density at radius 2 is 2.05 bits per heavy atom. The summed E-state index contributed by atoms with van der Waals surface area (Å²) in [7, 11) is 0. The number of rotatable bonds is 2. The van der Waals surface area contributed by atoms with Gasteiger partial charge in [0.15, 0.2) is 0 Å². The number of carbonyl (C=O) groups is 1. The second kappa shape index (κ2) is 4.72. The third kappa shape index (κ3) is 2.09. The first-order chi connectivity index (χ1) is 10.1. The number of nitrogens with one attached hydrogen (secondary N) is 1. The minimum Gasteiger partial charge on any atom is -0.318 e. The number of amides is 1. The molecule has 2 saturated carbocycles. The Morgan fingerprint density at radius 3 is 2.67 bits per heavy atom. The lowest BCUT2D eigenvalue weighted by molar-refractivity contribution is -0.134. The smallest absolute Gasteiger partial charge is 0.244 e. The number of nitrogens with zero attached hydrogens (tertiary/aromatic N) is 1. The molecule has 3 fully saturated rings. The van der Waals surface area contributed by atoms with Crippen molar-refractivity contribution < 1.29 is 4.79 Å². The third-order valence-corrected chi connectivity index (χ3v) is 5.62. The van der Waals surface area contributed by atoms with Gasteiger partial charge in [0.2, 0.25) is 5.91 Å². The standard InChI is InChI=1S/C17H21ClN2O/c1-11-9-14(11)20-15(12-5-4-6-13(18)10-12)19-17(16(20)21)7-2-3-8-17/h4-6,10-11,14-15,19H,2-3,7-9H2,1H3. The number of halogens is 1. The van der Waals surface area contributed by atoms with Gasteiger partial charge in [0.05, 0.1) is 5.54 Å². The molecule has 0 aromatic heterocycles. The maximum atomic E-state index is 13.1. The highest BCUT2D eigenvalue weighted by atomic mass is 35.5. The van der Waals surface area contributed by atoms with Crippen molar-refractivity contribution in [2.45, 2.75) is 56.8 Å². The van der Waals surface area contributed by atoms with Crippen molar-refractivity contribution in [3.63, 3.8) is 0 Å². The molecule has 3 unspecified atom stereocenters. The van der Waals surface area contributed by atoms with E-state index in [2.05, 4.69) is 23.2 Å². The molecule has 1 aliphatic heterocycles. The fourth-order valence-corrected chi connectivity index (χ4v) is 4.25. The second-order valence-corrected chi connectivity index (χ2v) is 7.32. The van der Waals surface area contributed by atoms with Crippen molar-refractivity contribution in [2.75, 3.05) is 0 Å². The van der Waals surface area contributed by atoms with Gasteiger partial charge in [-0.15, -0.1) is 0 Å². The maximum Gasteiger partial charge on any atom is 0.244 e. The van der Waals surface area contributed by atoms with E-state index in [1.807, 2.05) is 18.2 Å². The summed E-state index contributed by atoms with van der Waals surface area (Å²) in [5.74, 6) is 0.938. The largest absolute Gasteiger partial charge is 0.318 e. The zero-order valence-electron chi connectivity index (χ0n) is 12.3. The molecule has 1 amide bonds. The molecule has 3 aliphatic rings. The number of carbonyl (C=O) groups excluding carboxylic acids is 1. The Bertz CT molecular complexity index is 582. The minimum atomic E-state index is -0.310. The Balaban J connectivity index is 1.72. The Kier molecular flexibility index (Phi) is 3.05. The summed E-state index contributed by atoms with van der Waals surface area (Å²) >= 11 is 6.15. The molecule has 1 heterocycles. The Morgan fingerprint density at radius 1 is 1.33 bits per heavy atom. The molecule has 0 bridgehead atoms. The van der Waals surface area contributed by atoms with Crippen LogP contribution in [0.5, 0.6) is 0 Å². The zero-order chi connectivity index (χ0) is 14.6. The average molecular weight is 305 g/mol. The maximum absolute atomic E-state index is 13.1. The highest BCUT2D eigenvalue weighted by Crippen LogP contribution is 2.48. The lowest BCUT2D eigenvalue weighted by Gasteiger charge is -2.25. The van der Waals surface area contributed by atoms with Crippen LogP contribution in [0.1, 0.15) is 50.8 Å². The molecule has 3 nitrogen and oxygen atoms in total. The summed E-state index contributed by atoms with van der Waals surface area (Å²) in [6.07, 6.45) is 5.36. The monoisotopic (exact) mass is 304 g/mol. The topological polar surface area (TPSA) is 32.3 Å². The molecule has 1 aromatic carbocycles. The molecular weight excluding hydrogens is 284 g/mol. The first kappa shape index (κ1) is 13.6. The summed E-state index contributed by atoms with van der Waals surface area (Å²) in [6, 6.07) is 8.31. The van der Waals surface area contributed by atoms with Crippen LogP contribution in [0.25, 0.3) is 0 Å². The van der Waals surface area contributed by atoms with Crippen LogP contribution in [0.15, 0.2) is 24.3 Å². The van der Waals surface area contributed by atoms with Gasteiger partial charge < -0.3 is 4.90 Å². The van der Waals surface area contributed by atoms with Crippen molar-refractivity contribution in [3.8, 4) is 0 Å². The van der Waals surface area contributed by atoms with Crippen LogP contribution in [-0.4, -0.2) is 22.4 Å². The zero-order valence-corrected chi connectivity index (χ0v) is 13.1. The van der Waals surface area contributed by atoms with E-state index < -0.39 is 0 Å². The van der Waals surface area contributed by atoms with E-state index in [0.29, 0.717) is 17.9 Å². The van der Waals surface area contributed by atoms with Gasteiger partial charge >= 0.3 is 0 Å². The summed E-state index contributed by atoms with van der Waals surface area (Å²) in [6.45, 7) is 2.23.